The molecular weight excluding hydrogens is 240 g/mol. The van der Waals surface area contributed by atoms with Gasteiger partial charge in [-0.1, -0.05) is 0 Å². The van der Waals surface area contributed by atoms with Gasteiger partial charge in [0.05, 0.1) is 14.2 Å². The summed E-state index contributed by atoms with van der Waals surface area (Å²) in [4.78, 5) is 0. The number of ether oxygens (including phenoxy) is 2. The van der Waals surface area contributed by atoms with Crippen molar-refractivity contribution in [3.63, 3.8) is 0 Å². The topological polar surface area (TPSA) is 44.5 Å². The van der Waals surface area contributed by atoms with Crippen molar-refractivity contribution in [2.45, 2.75) is 31.2 Å². The third kappa shape index (κ3) is 2.56. The van der Waals surface area contributed by atoms with Crippen molar-refractivity contribution < 1.29 is 18.3 Å². The molecule has 18 heavy (non-hydrogen) atoms. The highest BCUT2D eigenvalue weighted by atomic mass is 19.3. The molecule has 1 aromatic rings. The van der Waals surface area contributed by atoms with Gasteiger partial charge in [-0.05, 0) is 37.0 Å². The Morgan fingerprint density at radius 3 is 2.22 bits per heavy atom. The molecule has 0 atom stereocenters. The van der Waals surface area contributed by atoms with Gasteiger partial charge in [0.25, 0.3) is 6.43 Å². The number of alkyl halides is 2. The van der Waals surface area contributed by atoms with Gasteiger partial charge in [0, 0.05) is 11.1 Å². The maximum atomic E-state index is 13.0. The maximum Gasteiger partial charge on any atom is 0.264 e. The van der Waals surface area contributed by atoms with Crippen LogP contribution in [0.25, 0.3) is 0 Å². The van der Waals surface area contributed by atoms with Crippen LogP contribution in [0.2, 0.25) is 0 Å². The van der Waals surface area contributed by atoms with Crippen LogP contribution < -0.4 is 15.2 Å². The summed E-state index contributed by atoms with van der Waals surface area (Å²) in [7, 11) is 2.91. The molecule has 0 amide bonds. The largest absolute Gasteiger partial charge is 0.493 e. The van der Waals surface area contributed by atoms with Gasteiger partial charge in [-0.3, -0.25) is 0 Å². The van der Waals surface area contributed by atoms with E-state index >= 15 is 0 Å². The van der Waals surface area contributed by atoms with Gasteiger partial charge >= 0.3 is 0 Å². The minimum atomic E-state index is -2.54. The van der Waals surface area contributed by atoms with Crippen molar-refractivity contribution >= 4 is 0 Å². The van der Waals surface area contributed by atoms with Crippen LogP contribution in [0.1, 0.15) is 30.4 Å². The molecule has 0 unspecified atom stereocenters. The van der Waals surface area contributed by atoms with Gasteiger partial charge in [-0.15, -0.1) is 0 Å². The zero-order valence-corrected chi connectivity index (χ0v) is 10.5. The van der Waals surface area contributed by atoms with Crippen molar-refractivity contribution in [1.82, 2.24) is 0 Å². The van der Waals surface area contributed by atoms with E-state index in [1.165, 1.54) is 20.3 Å². The molecule has 2 rings (SSSR count). The number of rotatable bonds is 5. The molecule has 0 bridgehead atoms. The molecule has 0 spiro atoms. The monoisotopic (exact) mass is 257 g/mol. The minimum Gasteiger partial charge on any atom is -0.493 e. The van der Waals surface area contributed by atoms with Crippen molar-refractivity contribution in [2.24, 2.45) is 5.73 Å². The molecule has 0 radical (unpaired) electrons. The Balaban J connectivity index is 2.41. The summed E-state index contributed by atoms with van der Waals surface area (Å²) in [6.07, 6.45) is -0.330. The summed E-state index contributed by atoms with van der Waals surface area (Å²) >= 11 is 0. The minimum absolute atomic E-state index is 0.0237. The van der Waals surface area contributed by atoms with E-state index in [-0.39, 0.29) is 11.1 Å². The molecule has 1 aliphatic carbocycles. The predicted molar refractivity (Wildman–Crippen MR) is 64.4 cm³/mol. The van der Waals surface area contributed by atoms with Crippen LogP contribution in [0.4, 0.5) is 8.78 Å². The lowest BCUT2D eigenvalue weighted by Gasteiger charge is -2.17. The number of hydrogen-bond acceptors (Lipinski definition) is 3. The number of halogens is 2. The van der Waals surface area contributed by atoms with Gasteiger partial charge in [0.1, 0.15) is 0 Å². The van der Waals surface area contributed by atoms with Crippen molar-refractivity contribution in [2.75, 3.05) is 14.2 Å². The molecule has 1 aliphatic rings. The van der Waals surface area contributed by atoms with E-state index in [0.717, 1.165) is 12.8 Å². The molecule has 2 N–H and O–H groups in total. The first-order valence-corrected chi connectivity index (χ1v) is 5.81. The smallest absolute Gasteiger partial charge is 0.264 e. The molecule has 100 valence electrons. The van der Waals surface area contributed by atoms with Gasteiger partial charge in [0.15, 0.2) is 11.5 Å². The average Bonchev–Trinajstić information content (AvgIpc) is 3.05. The summed E-state index contributed by atoms with van der Waals surface area (Å²) in [6.45, 7) is 0. The zero-order valence-electron chi connectivity index (χ0n) is 10.5. The Morgan fingerprint density at radius 1 is 1.22 bits per heavy atom. The van der Waals surface area contributed by atoms with Crippen molar-refractivity contribution in [3.05, 3.63) is 23.3 Å². The fraction of sp³-hybridized carbons (Fsp3) is 0.538. The SMILES string of the molecule is COc1cc(CC2(N)CC2)c(C(F)F)cc1OC. The average molecular weight is 257 g/mol. The van der Waals surface area contributed by atoms with Crippen LogP contribution in [0.3, 0.4) is 0 Å². The quantitative estimate of drug-likeness (QED) is 0.882. The number of nitrogens with two attached hydrogens (primary N) is 1. The Bertz CT molecular complexity index is 445. The third-order valence-corrected chi connectivity index (χ3v) is 3.32. The van der Waals surface area contributed by atoms with E-state index in [2.05, 4.69) is 0 Å². The summed E-state index contributed by atoms with van der Waals surface area (Å²) < 4.78 is 36.2. The van der Waals surface area contributed by atoms with Gasteiger partial charge in [-0.25, -0.2) is 8.78 Å². The molecule has 0 aromatic heterocycles. The van der Waals surface area contributed by atoms with Crippen molar-refractivity contribution in [1.29, 1.82) is 0 Å². The van der Waals surface area contributed by atoms with E-state index in [1.54, 1.807) is 6.07 Å². The molecule has 1 aromatic carbocycles. The van der Waals surface area contributed by atoms with E-state index in [1.807, 2.05) is 0 Å². The lowest BCUT2D eigenvalue weighted by molar-refractivity contribution is 0.149. The first-order valence-electron chi connectivity index (χ1n) is 5.81. The molecule has 0 heterocycles. The molecule has 0 aliphatic heterocycles. The molecule has 3 nitrogen and oxygen atoms in total. The maximum absolute atomic E-state index is 13.0. The molecule has 1 saturated carbocycles. The first-order chi connectivity index (χ1) is 8.49. The van der Waals surface area contributed by atoms with E-state index in [9.17, 15) is 8.78 Å². The molecular formula is C13H17F2NO2. The second kappa shape index (κ2) is 4.72. The number of methoxy groups -OCH3 is 2. The molecule has 5 heteroatoms. The lowest BCUT2D eigenvalue weighted by Crippen LogP contribution is -2.25. The van der Waals surface area contributed by atoms with E-state index in [4.69, 9.17) is 15.2 Å². The third-order valence-electron chi connectivity index (χ3n) is 3.32. The number of benzene rings is 1. The van der Waals surface area contributed by atoms with Gasteiger partial charge in [-0.2, -0.15) is 0 Å². The van der Waals surface area contributed by atoms with Crippen LogP contribution in [-0.4, -0.2) is 19.8 Å². The molecule has 0 saturated heterocycles. The fourth-order valence-corrected chi connectivity index (χ4v) is 2.01. The van der Waals surface area contributed by atoms with Crippen LogP contribution in [0, 0.1) is 0 Å². The summed E-state index contributed by atoms with van der Waals surface area (Å²) in [5.41, 5.74) is 6.20. The normalized spacial score (nSPS) is 16.8. The van der Waals surface area contributed by atoms with Crippen molar-refractivity contribution in [3.8, 4) is 11.5 Å². The Hall–Kier alpha value is -1.36. The van der Waals surface area contributed by atoms with Crippen LogP contribution in [0.15, 0.2) is 12.1 Å². The fourth-order valence-electron chi connectivity index (χ4n) is 2.01. The zero-order chi connectivity index (χ0) is 13.3. The summed E-state index contributed by atoms with van der Waals surface area (Å²) in [6, 6.07) is 2.94. The Labute approximate surface area is 105 Å². The van der Waals surface area contributed by atoms with E-state index < -0.39 is 6.43 Å². The number of hydrogen-bond donors (Lipinski definition) is 1. The standard InChI is InChI=1S/C13H17F2NO2/c1-17-10-5-8(7-13(16)3-4-13)9(12(14)15)6-11(10)18-2/h5-6,12H,3-4,7,16H2,1-2H3. The highest BCUT2D eigenvalue weighted by Crippen LogP contribution is 2.41. The van der Waals surface area contributed by atoms with E-state index in [0.29, 0.717) is 23.5 Å². The highest BCUT2D eigenvalue weighted by molar-refractivity contribution is 5.48. The second-order valence-corrected chi connectivity index (χ2v) is 4.75. The van der Waals surface area contributed by atoms with Crippen LogP contribution in [-0.2, 0) is 6.42 Å². The highest BCUT2D eigenvalue weighted by Gasteiger charge is 2.39. The van der Waals surface area contributed by atoms with Gasteiger partial charge < -0.3 is 15.2 Å². The van der Waals surface area contributed by atoms with Crippen LogP contribution in [0.5, 0.6) is 11.5 Å². The Morgan fingerprint density at radius 2 is 1.78 bits per heavy atom. The Kier molecular flexibility index (Phi) is 3.43. The summed E-state index contributed by atoms with van der Waals surface area (Å²) in [5.74, 6) is 0.777. The van der Waals surface area contributed by atoms with Crippen LogP contribution >= 0.6 is 0 Å². The second-order valence-electron chi connectivity index (χ2n) is 4.75. The van der Waals surface area contributed by atoms with Gasteiger partial charge in [0.2, 0.25) is 0 Å². The predicted octanol–water partition coefficient (Wildman–Crippen LogP) is 2.68. The summed E-state index contributed by atoms with van der Waals surface area (Å²) in [5, 5.41) is 0. The first kappa shape index (κ1) is 13.1. The lowest BCUT2D eigenvalue weighted by atomic mass is 9.98. The molecule has 1 fully saturated rings.